The molecule has 16 heavy (non-hydrogen) atoms. The second-order valence-corrected chi connectivity index (χ2v) is 3.82. The molecule has 82 valence electrons. The van der Waals surface area contributed by atoms with Gasteiger partial charge in [-0.15, -0.1) is 0 Å². The predicted octanol–water partition coefficient (Wildman–Crippen LogP) is 2.39. The summed E-state index contributed by atoms with van der Waals surface area (Å²) in [5.41, 5.74) is 8.63. The average Bonchev–Trinajstić information content (AvgIpc) is 2.31. The van der Waals surface area contributed by atoms with Gasteiger partial charge in [0.05, 0.1) is 6.61 Å². The van der Waals surface area contributed by atoms with Crippen LogP contribution in [-0.2, 0) is 0 Å². The van der Waals surface area contributed by atoms with Crippen LogP contribution in [0.1, 0.15) is 17.0 Å². The van der Waals surface area contributed by atoms with E-state index in [4.69, 9.17) is 5.73 Å². The van der Waals surface area contributed by atoms with E-state index < -0.39 is 0 Å². The van der Waals surface area contributed by atoms with Crippen LogP contribution in [0.15, 0.2) is 54.6 Å². The molecular formula is C14H15NO. The fraction of sp³-hybridized carbons (Fsp3) is 0.143. The molecule has 2 heteroatoms. The van der Waals surface area contributed by atoms with Gasteiger partial charge in [-0.05, 0) is 23.3 Å². The van der Waals surface area contributed by atoms with Gasteiger partial charge in [0, 0.05) is 11.6 Å². The molecule has 1 unspecified atom stereocenters. The molecular weight excluding hydrogens is 198 g/mol. The number of hydrogen-bond donors (Lipinski definition) is 2. The van der Waals surface area contributed by atoms with Gasteiger partial charge >= 0.3 is 0 Å². The van der Waals surface area contributed by atoms with Crippen molar-refractivity contribution >= 4 is 5.69 Å². The first-order chi connectivity index (χ1) is 7.81. The van der Waals surface area contributed by atoms with Crippen molar-refractivity contribution < 1.29 is 5.11 Å². The smallest absolute Gasteiger partial charge is 0.0540 e. The van der Waals surface area contributed by atoms with Crippen molar-refractivity contribution in [2.75, 3.05) is 12.3 Å². The molecule has 2 aromatic carbocycles. The summed E-state index contributed by atoms with van der Waals surface area (Å²) in [6, 6.07) is 17.6. The molecule has 0 aliphatic rings. The fourth-order valence-electron chi connectivity index (χ4n) is 1.86. The van der Waals surface area contributed by atoms with Crippen molar-refractivity contribution in [3.63, 3.8) is 0 Å². The van der Waals surface area contributed by atoms with Crippen LogP contribution in [-0.4, -0.2) is 11.7 Å². The first-order valence-electron chi connectivity index (χ1n) is 5.32. The maximum absolute atomic E-state index is 9.48. The van der Waals surface area contributed by atoms with E-state index in [-0.39, 0.29) is 12.5 Å². The summed E-state index contributed by atoms with van der Waals surface area (Å²) in [4.78, 5) is 0. The van der Waals surface area contributed by atoms with Gasteiger partial charge < -0.3 is 10.8 Å². The van der Waals surface area contributed by atoms with E-state index in [9.17, 15) is 5.11 Å². The molecule has 0 fully saturated rings. The second kappa shape index (κ2) is 4.81. The molecule has 0 spiro atoms. The van der Waals surface area contributed by atoms with E-state index in [0.717, 1.165) is 16.8 Å². The van der Waals surface area contributed by atoms with Crippen LogP contribution in [0.3, 0.4) is 0 Å². The highest BCUT2D eigenvalue weighted by Gasteiger charge is 2.12. The van der Waals surface area contributed by atoms with Crippen LogP contribution in [0.2, 0.25) is 0 Å². The van der Waals surface area contributed by atoms with Gasteiger partial charge in [-0.3, -0.25) is 0 Å². The maximum Gasteiger partial charge on any atom is 0.0540 e. The minimum absolute atomic E-state index is 0.00435. The van der Waals surface area contributed by atoms with Gasteiger partial charge in [0.2, 0.25) is 0 Å². The highest BCUT2D eigenvalue weighted by Crippen LogP contribution is 2.25. The van der Waals surface area contributed by atoms with E-state index in [0.29, 0.717) is 0 Å². The van der Waals surface area contributed by atoms with E-state index in [1.165, 1.54) is 0 Å². The average molecular weight is 213 g/mol. The van der Waals surface area contributed by atoms with Crippen molar-refractivity contribution in [3.8, 4) is 0 Å². The van der Waals surface area contributed by atoms with Crippen LogP contribution in [0, 0.1) is 0 Å². The van der Waals surface area contributed by atoms with Crippen LogP contribution in [0.5, 0.6) is 0 Å². The Balaban J connectivity index is 2.37. The van der Waals surface area contributed by atoms with Gasteiger partial charge in [0.1, 0.15) is 0 Å². The zero-order valence-electron chi connectivity index (χ0n) is 9.01. The van der Waals surface area contributed by atoms with Crippen molar-refractivity contribution in [1.29, 1.82) is 0 Å². The Kier molecular flexibility index (Phi) is 3.22. The lowest BCUT2D eigenvalue weighted by Gasteiger charge is -2.15. The van der Waals surface area contributed by atoms with Crippen LogP contribution in [0.4, 0.5) is 5.69 Å². The Morgan fingerprint density at radius 3 is 2.25 bits per heavy atom. The highest BCUT2D eigenvalue weighted by atomic mass is 16.3. The van der Waals surface area contributed by atoms with E-state index in [1.807, 2.05) is 54.6 Å². The third-order valence-electron chi connectivity index (χ3n) is 2.70. The Morgan fingerprint density at radius 1 is 0.938 bits per heavy atom. The second-order valence-electron chi connectivity index (χ2n) is 3.82. The zero-order chi connectivity index (χ0) is 11.4. The molecule has 0 saturated heterocycles. The number of aliphatic hydroxyl groups is 1. The molecule has 2 rings (SSSR count). The summed E-state index contributed by atoms with van der Waals surface area (Å²) < 4.78 is 0. The summed E-state index contributed by atoms with van der Waals surface area (Å²) in [7, 11) is 0. The first kappa shape index (κ1) is 10.7. The summed E-state index contributed by atoms with van der Waals surface area (Å²) in [5, 5.41) is 9.48. The summed E-state index contributed by atoms with van der Waals surface area (Å²) in [6.45, 7) is 0.0907. The monoisotopic (exact) mass is 213 g/mol. The zero-order valence-corrected chi connectivity index (χ0v) is 9.01. The molecule has 0 aliphatic heterocycles. The van der Waals surface area contributed by atoms with Gasteiger partial charge in [0.15, 0.2) is 0 Å². The lowest BCUT2D eigenvalue weighted by molar-refractivity contribution is 0.280. The molecule has 0 aliphatic carbocycles. The highest BCUT2D eigenvalue weighted by molar-refractivity contribution is 5.44. The number of aliphatic hydroxyl groups excluding tert-OH is 1. The molecule has 2 nitrogen and oxygen atoms in total. The fourth-order valence-corrected chi connectivity index (χ4v) is 1.86. The summed E-state index contributed by atoms with van der Waals surface area (Å²) >= 11 is 0. The Labute approximate surface area is 95.4 Å². The first-order valence-corrected chi connectivity index (χ1v) is 5.32. The van der Waals surface area contributed by atoms with Gasteiger partial charge in [-0.1, -0.05) is 42.5 Å². The Bertz CT molecular complexity index is 453. The minimum Gasteiger partial charge on any atom is -0.399 e. The number of anilines is 1. The van der Waals surface area contributed by atoms with Crippen molar-refractivity contribution in [2.45, 2.75) is 5.92 Å². The summed E-state index contributed by atoms with van der Waals surface area (Å²) in [6.07, 6.45) is 0. The Morgan fingerprint density at radius 2 is 1.62 bits per heavy atom. The molecule has 0 aromatic heterocycles. The SMILES string of the molecule is Nc1cccc(C(CO)c2ccccc2)c1. The third kappa shape index (κ3) is 2.23. The maximum atomic E-state index is 9.48. The predicted molar refractivity (Wildman–Crippen MR) is 66.2 cm³/mol. The number of hydrogen-bond acceptors (Lipinski definition) is 2. The van der Waals surface area contributed by atoms with E-state index >= 15 is 0 Å². The third-order valence-corrected chi connectivity index (χ3v) is 2.70. The number of rotatable bonds is 3. The van der Waals surface area contributed by atoms with Crippen molar-refractivity contribution in [1.82, 2.24) is 0 Å². The standard InChI is InChI=1S/C14H15NO/c15-13-8-4-7-12(9-13)14(10-16)11-5-2-1-3-6-11/h1-9,14,16H,10,15H2. The number of nitrogens with two attached hydrogens (primary N) is 1. The molecule has 0 heterocycles. The number of nitrogen functional groups attached to an aromatic ring is 1. The Hall–Kier alpha value is -1.80. The minimum atomic E-state index is 0.00435. The molecule has 0 saturated carbocycles. The van der Waals surface area contributed by atoms with Crippen LogP contribution < -0.4 is 5.73 Å². The van der Waals surface area contributed by atoms with E-state index in [2.05, 4.69) is 0 Å². The number of benzene rings is 2. The topological polar surface area (TPSA) is 46.2 Å². The van der Waals surface area contributed by atoms with Crippen molar-refractivity contribution in [2.24, 2.45) is 0 Å². The molecule has 2 aromatic rings. The summed E-state index contributed by atoms with van der Waals surface area (Å²) in [5.74, 6) is 0.00435. The lowest BCUT2D eigenvalue weighted by Crippen LogP contribution is -2.06. The van der Waals surface area contributed by atoms with Gasteiger partial charge in [-0.2, -0.15) is 0 Å². The molecule has 0 amide bonds. The van der Waals surface area contributed by atoms with Gasteiger partial charge in [-0.25, -0.2) is 0 Å². The van der Waals surface area contributed by atoms with Gasteiger partial charge in [0.25, 0.3) is 0 Å². The normalized spacial score (nSPS) is 12.3. The molecule has 0 radical (unpaired) electrons. The molecule has 1 atom stereocenters. The molecule has 0 bridgehead atoms. The largest absolute Gasteiger partial charge is 0.399 e. The molecule has 3 N–H and O–H groups in total. The van der Waals surface area contributed by atoms with Crippen molar-refractivity contribution in [3.05, 3.63) is 65.7 Å². The van der Waals surface area contributed by atoms with E-state index in [1.54, 1.807) is 0 Å². The lowest BCUT2D eigenvalue weighted by atomic mass is 9.92. The van der Waals surface area contributed by atoms with Crippen LogP contribution in [0.25, 0.3) is 0 Å². The van der Waals surface area contributed by atoms with Crippen LogP contribution >= 0.6 is 0 Å². The quantitative estimate of drug-likeness (QED) is 0.769.